The van der Waals surface area contributed by atoms with E-state index < -0.39 is 0 Å². The lowest BCUT2D eigenvalue weighted by Gasteiger charge is -2.17. The van der Waals surface area contributed by atoms with Gasteiger partial charge in [0.05, 0.1) is 0 Å². The summed E-state index contributed by atoms with van der Waals surface area (Å²) in [6.45, 7) is 4.64. The van der Waals surface area contributed by atoms with Crippen molar-refractivity contribution in [1.29, 1.82) is 0 Å². The van der Waals surface area contributed by atoms with Crippen molar-refractivity contribution in [3.63, 3.8) is 0 Å². The van der Waals surface area contributed by atoms with Crippen molar-refractivity contribution in [2.75, 3.05) is 45.3 Å². The maximum Gasteiger partial charge on any atom is 0.0446 e. The van der Waals surface area contributed by atoms with Gasteiger partial charge in [-0.1, -0.05) is 6.92 Å². The SMILES string of the molecule is CCCNC(CCO)CSCCN(C)C. The Morgan fingerprint density at radius 1 is 1.40 bits per heavy atom. The minimum Gasteiger partial charge on any atom is -0.396 e. The van der Waals surface area contributed by atoms with Gasteiger partial charge in [-0.25, -0.2) is 0 Å². The first-order valence-electron chi connectivity index (χ1n) is 5.77. The molecule has 0 aliphatic rings. The van der Waals surface area contributed by atoms with Gasteiger partial charge in [-0.15, -0.1) is 0 Å². The van der Waals surface area contributed by atoms with Crippen molar-refractivity contribution in [2.24, 2.45) is 0 Å². The quantitative estimate of drug-likeness (QED) is 0.554. The molecule has 1 unspecified atom stereocenters. The fraction of sp³-hybridized carbons (Fsp3) is 1.00. The third-order valence-corrected chi connectivity index (χ3v) is 3.27. The van der Waals surface area contributed by atoms with E-state index in [2.05, 4.69) is 31.2 Å². The van der Waals surface area contributed by atoms with Crippen LogP contribution in [0, 0.1) is 0 Å². The first-order chi connectivity index (χ1) is 7.20. The molecular formula is C11H26N2OS. The molecule has 0 spiro atoms. The zero-order chi connectivity index (χ0) is 11.5. The number of aliphatic hydroxyl groups is 1. The lowest BCUT2D eigenvalue weighted by molar-refractivity contribution is 0.270. The van der Waals surface area contributed by atoms with Crippen molar-refractivity contribution in [2.45, 2.75) is 25.8 Å². The summed E-state index contributed by atoms with van der Waals surface area (Å²) < 4.78 is 0. The van der Waals surface area contributed by atoms with Crippen molar-refractivity contribution >= 4 is 11.8 Å². The number of nitrogens with one attached hydrogen (secondary N) is 1. The predicted molar refractivity (Wildman–Crippen MR) is 69.7 cm³/mol. The van der Waals surface area contributed by atoms with E-state index >= 15 is 0 Å². The van der Waals surface area contributed by atoms with E-state index in [1.165, 1.54) is 5.75 Å². The van der Waals surface area contributed by atoms with Gasteiger partial charge in [0.15, 0.2) is 0 Å². The van der Waals surface area contributed by atoms with Crippen LogP contribution in [0.1, 0.15) is 19.8 Å². The molecule has 3 nitrogen and oxygen atoms in total. The summed E-state index contributed by atoms with van der Waals surface area (Å²) >= 11 is 1.96. The number of nitrogens with zero attached hydrogens (tertiary/aromatic N) is 1. The number of thioether (sulfide) groups is 1. The van der Waals surface area contributed by atoms with E-state index in [-0.39, 0.29) is 6.61 Å². The van der Waals surface area contributed by atoms with Gasteiger partial charge in [-0.3, -0.25) is 0 Å². The van der Waals surface area contributed by atoms with Crippen LogP contribution in [0.2, 0.25) is 0 Å². The summed E-state index contributed by atoms with van der Waals surface area (Å²) in [6.07, 6.45) is 2.03. The second-order valence-electron chi connectivity index (χ2n) is 4.04. The maximum atomic E-state index is 8.92. The molecule has 0 aromatic carbocycles. The lowest BCUT2D eigenvalue weighted by Crippen LogP contribution is -2.33. The van der Waals surface area contributed by atoms with Gasteiger partial charge in [0.25, 0.3) is 0 Å². The van der Waals surface area contributed by atoms with Gasteiger partial charge in [-0.2, -0.15) is 11.8 Å². The van der Waals surface area contributed by atoms with Crippen molar-refractivity contribution in [1.82, 2.24) is 10.2 Å². The highest BCUT2D eigenvalue weighted by atomic mass is 32.2. The summed E-state index contributed by atoms with van der Waals surface area (Å²) in [6, 6.07) is 0.474. The Bertz CT molecular complexity index is 134. The first-order valence-corrected chi connectivity index (χ1v) is 6.92. The number of aliphatic hydroxyl groups excluding tert-OH is 1. The average molecular weight is 234 g/mol. The van der Waals surface area contributed by atoms with Crippen LogP contribution in [-0.4, -0.2) is 61.3 Å². The van der Waals surface area contributed by atoms with Crippen LogP contribution in [-0.2, 0) is 0 Å². The minimum absolute atomic E-state index is 0.287. The fourth-order valence-corrected chi connectivity index (χ4v) is 2.45. The van der Waals surface area contributed by atoms with E-state index in [0.717, 1.165) is 31.7 Å². The zero-order valence-electron chi connectivity index (χ0n) is 10.3. The monoisotopic (exact) mass is 234 g/mol. The minimum atomic E-state index is 0.287. The van der Waals surface area contributed by atoms with Crippen molar-refractivity contribution in [3.05, 3.63) is 0 Å². The third kappa shape index (κ3) is 10.5. The standard InChI is InChI=1S/C11H26N2OS/c1-4-6-12-11(5-8-14)10-15-9-7-13(2)3/h11-12,14H,4-10H2,1-3H3. The van der Waals surface area contributed by atoms with Gasteiger partial charge in [-0.05, 0) is 33.5 Å². The van der Waals surface area contributed by atoms with Crippen molar-refractivity contribution in [3.8, 4) is 0 Å². The summed E-state index contributed by atoms with van der Waals surface area (Å²) in [5.74, 6) is 2.27. The molecule has 0 aliphatic carbocycles. The number of rotatable bonds is 10. The van der Waals surface area contributed by atoms with Gasteiger partial charge < -0.3 is 15.3 Å². The molecule has 0 bridgehead atoms. The van der Waals surface area contributed by atoms with Crippen LogP contribution < -0.4 is 5.32 Å². The smallest absolute Gasteiger partial charge is 0.0446 e. The highest BCUT2D eigenvalue weighted by Crippen LogP contribution is 2.05. The fourth-order valence-electron chi connectivity index (χ4n) is 1.22. The zero-order valence-corrected chi connectivity index (χ0v) is 11.1. The highest BCUT2D eigenvalue weighted by Gasteiger charge is 2.06. The van der Waals surface area contributed by atoms with Crippen LogP contribution >= 0.6 is 11.8 Å². The Kier molecular flexibility index (Phi) is 10.9. The summed E-state index contributed by atoms with van der Waals surface area (Å²) in [7, 11) is 4.20. The molecular weight excluding hydrogens is 208 g/mol. The molecule has 0 radical (unpaired) electrons. The molecule has 0 aliphatic heterocycles. The normalized spacial score (nSPS) is 13.4. The van der Waals surface area contributed by atoms with Crippen molar-refractivity contribution < 1.29 is 5.11 Å². The average Bonchev–Trinajstić information content (AvgIpc) is 2.20. The topological polar surface area (TPSA) is 35.5 Å². The van der Waals surface area contributed by atoms with Crippen LogP contribution in [0.15, 0.2) is 0 Å². The maximum absolute atomic E-state index is 8.92. The molecule has 0 aromatic rings. The van der Waals surface area contributed by atoms with Crippen LogP contribution in [0.25, 0.3) is 0 Å². The molecule has 0 heterocycles. The molecule has 0 amide bonds. The molecule has 4 heteroatoms. The Morgan fingerprint density at radius 2 is 2.13 bits per heavy atom. The van der Waals surface area contributed by atoms with Crippen LogP contribution in [0.4, 0.5) is 0 Å². The Balaban J connectivity index is 3.47. The highest BCUT2D eigenvalue weighted by molar-refractivity contribution is 7.99. The molecule has 0 saturated heterocycles. The largest absolute Gasteiger partial charge is 0.396 e. The summed E-state index contributed by atoms with van der Waals surface area (Å²) in [5.41, 5.74) is 0. The molecule has 0 fully saturated rings. The Labute approximate surface area is 98.6 Å². The van der Waals surface area contributed by atoms with E-state index in [1.807, 2.05) is 11.8 Å². The number of hydrogen-bond acceptors (Lipinski definition) is 4. The molecule has 0 saturated carbocycles. The second-order valence-corrected chi connectivity index (χ2v) is 5.19. The molecule has 15 heavy (non-hydrogen) atoms. The molecule has 0 aromatic heterocycles. The van der Waals surface area contributed by atoms with Crippen LogP contribution in [0.3, 0.4) is 0 Å². The van der Waals surface area contributed by atoms with Gasteiger partial charge in [0.2, 0.25) is 0 Å². The van der Waals surface area contributed by atoms with Gasteiger partial charge >= 0.3 is 0 Å². The van der Waals surface area contributed by atoms with Crippen LogP contribution in [0.5, 0.6) is 0 Å². The Hall–Kier alpha value is 0.230. The van der Waals surface area contributed by atoms with E-state index in [4.69, 9.17) is 5.11 Å². The van der Waals surface area contributed by atoms with Gasteiger partial charge in [0, 0.05) is 30.7 Å². The van der Waals surface area contributed by atoms with E-state index in [9.17, 15) is 0 Å². The Morgan fingerprint density at radius 3 is 2.67 bits per heavy atom. The summed E-state index contributed by atoms with van der Waals surface area (Å²) in [5, 5.41) is 12.4. The predicted octanol–water partition coefficient (Wildman–Crippen LogP) is 1.03. The summed E-state index contributed by atoms with van der Waals surface area (Å²) in [4.78, 5) is 2.20. The molecule has 1 atom stereocenters. The van der Waals surface area contributed by atoms with E-state index in [0.29, 0.717) is 6.04 Å². The third-order valence-electron chi connectivity index (χ3n) is 2.16. The number of hydrogen-bond donors (Lipinski definition) is 2. The molecule has 0 rings (SSSR count). The molecule has 2 N–H and O–H groups in total. The van der Waals surface area contributed by atoms with Gasteiger partial charge in [0.1, 0.15) is 0 Å². The molecule has 92 valence electrons. The first kappa shape index (κ1) is 15.2. The van der Waals surface area contributed by atoms with E-state index in [1.54, 1.807) is 0 Å². The second kappa shape index (κ2) is 10.7. The lowest BCUT2D eigenvalue weighted by atomic mass is 10.2.